The minimum absolute atomic E-state index is 0.423. The summed E-state index contributed by atoms with van der Waals surface area (Å²) in [5.41, 5.74) is 0.580. The molecular formula is C11H16O3. The van der Waals surface area contributed by atoms with Crippen molar-refractivity contribution in [3.8, 4) is 0 Å². The molecule has 1 aromatic carbocycles. The lowest BCUT2D eigenvalue weighted by Crippen LogP contribution is -2.33. The SMILES string of the molecule is CCCOC(O)(CO)c1ccccc1. The first-order valence-electron chi connectivity index (χ1n) is 4.75. The average molecular weight is 196 g/mol. The highest BCUT2D eigenvalue weighted by molar-refractivity contribution is 5.19. The smallest absolute Gasteiger partial charge is 0.216 e. The van der Waals surface area contributed by atoms with Gasteiger partial charge in [-0.25, -0.2) is 0 Å². The van der Waals surface area contributed by atoms with Gasteiger partial charge in [0, 0.05) is 5.56 Å². The van der Waals surface area contributed by atoms with Crippen molar-refractivity contribution in [2.75, 3.05) is 13.2 Å². The van der Waals surface area contributed by atoms with Crippen molar-refractivity contribution in [2.45, 2.75) is 19.1 Å². The lowest BCUT2D eigenvalue weighted by molar-refractivity contribution is -0.233. The Balaban J connectivity index is 2.79. The lowest BCUT2D eigenvalue weighted by atomic mass is 10.1. The largest absolute Gasteiger partial charge is 0.390 e. The molecule has 0 fully saturated rings. The minimum atomic E-state index is -1.56. The number of rotatable bonds is 5. The van der Waals surface area contributed by atoms with Crippen LogP contribution in [-0.4, -0.2) is 23.4 Å². The number of ether oxygens (including phenoxy) is 1. The molecule has 3 heteroatoms. The summed E-state index contributed by atoms with van der Waals surface area (Å²) in [6, 6.07) is 8.90. The van der Waals surface area contributed by atoms with Crippen LogP contribution in [0.15, 0.2) is 30.3 Å². The van der Waals surface area contributed by atoms with Crippen LogP contribution in [0, 0.1) is 0 Å². The van der Waals surface area contributed by atoms with E-state index < -0.39 is 12.4 Å². The fraction of sp³-hybridized carbons (Fsp3) is 0.455. The van der Waals surface area contributed by atoms with Crippen LogP contribution in [-0.2, 0) is 10.5 Å². The highest BCUT2D eigenvalue weighted by atomic mass is 16.6. The molecule has 1 atom stereocenters. The molecule has 0 radical (unpaired) electrons. The standard InChI is InChI=1S/C11H16O3/c1-2-8-14-11(13,9-12)10-6-4-3-5-7-10/h3-7,12-13H,2,8-9H2,1H3. The van der Waals surface area contributed by atoms with E-state index in [9.17, 15) is 5.11 Å². The Hall–Kier alpha value is -0.900. The first-order chi connectivity index (χ1) is 6.73. The molecule has 0 aliphatic heterocycles. The summed E-state index contributed by atoms with van der Waals surface area (Å²) in [6.45, 7) is 1.94. The zero-order chi connectivity index (χ0) is 10.4. The molecule has 1 aromatic rings. The Labute approximate surface area is 84.0 Å². The maximum Gasteiger partial charge on any atom is 0.216 e. The van der Waals surface area contributed by atoms with Crippen molar-refractivity contribution in [1.82, 2.24) is 0 Å². The fourth-order valence-corrected chi connectivity index (χ4v) is 1.19. The molecule has 2 N–H and O–H groups in total. The van der Waals surface area contributed by atoms with E-state index in [1.165, 1.54) is 0 Å². The third-order valence-electron chi connectivity index (χ3n) is 1.98. The van der Waals surface area contributed by atoms with E-state index in [0.29, 0.717) is 12.2 Å². The third kappa shape index (κ3) is 2.54. The van der Waals surface area contributed by atoms with E-state index in [0.717, 1.165) is 6.42 Å². The summed E-state index contributed by atoms with van der Waals surface area (Å²) in [7, 11) is 0. The van der Waals surface area contributed by atoms with Crippen LogP contribution >= 0.6 is 0 Å². The second kappa shape index (κ2) is 5.10. The fourth-order valence-electron chi connectivity index (χ4n) is 1.19. The summed E-state index contributed by atoms with van der Waals surface area (Å²) in [5.74, 6) is -1.56. The van der Waals surface area contributed by atoms with E-state index in [-0.39, 0.29) is 0 Å². The van der Waals surface area contributed by atoms with E-state index in [4.69, 9.17) is 9.84 Å². The average Bonchev–Trinajstić information content (AvgIpc) is 2.27. The van der Waals surface area contributed by atoms with Crippen LogP contribution in [0.1, 0.15) is 18.9 Å². The van der Waals surface area contributed by atoms with Gasteiger partial charge < -0.3 is 14.9 Å². The molecule has 3 nitrogen and oxygen atoms in total. The van der Waals surface area contributed by atoms with Crippen LogP contribution in [0.2, 0.25) is 0 Å². The number of aliphatic hydroxyl groups is 2. The molecular weight excluding hydrogens is 180 g/mol. The summed E-state index contributed by atoms with van der Waals surface area (Å²) >= 11 is 0. The van der Waals surface area contributed by atoms with E-state index in [1.807, 2.05) is 13.0 Å². The molecule has 0 saturated heterocycles. The second-order valence-electron chi connectivity index (χ2n) is 3.16. The minimum Gasteiger partial charge on any atom is -0.390 e. The maximum atomic E-state index is 9.95. The zero-order valence-electron chi connectivity index (χ0n) is 8.31. The number of hydrogen-bond donors (Lipinski definition) is 2. The Bertz CT molecular complexity index is 260. The number of aliphatic hydroxyl groups excluding tert-OH is 1. The molecule has 0 saturated carbocycles. The first kappa shape index (κ1) is 11.2. The Morgan fingerprint density at radius 3 is 2.43 bits per heavy atom. The van der Waals surface area contributed by atoms with Crippen LogP contribution in [0.3, 0.4) is 0 Å². The highest BCUT2D eigenvalue weighted by Gasteiger charge is 2.28. The molecule has 0 spiro atoms. The summed E-state index contributed by atoms with van der Waals surface area (Å²) in [4.78, 5) is 0. The molecule has 78 valence electrons. The van der Waals surface area contributed by atoms with Crippen molar-refractivity contribution in [2.24, 2.45) is 0 Å². The van der Waals surface area contributed by atoms with Crippen molar-refractivity contribution in [3.63, 3.8) is 0 Å². The molecule has 0 bridgehead atoms. The van der Waals surface area contributed by atoms with Gasteiger partial charge in [0.05, 0.1) is 6.61 Å². The quantitative estimate of drug-likeness (QED) is 0.697. The first-order valence-corrected chi connectivity index (χ1v) is 4.75. The molecule has 1 unspecified atom stereocenters. The van der Waals surface area contributed by atoms with Gasteiger partial charge in [0.25, 0.3) is 0 Å². The van der Waals surface area contributed by atoms with Crippen molar-refractivity contribution >= 4 is 0 Å². The second-order valence-corrected chi connectivity index (χ2v) is 3.16. The van der Waals surface area contributed by atoms with Gasteiger partial charge in [-0.1, -0.05) is 37.3 Å². The summed E-state index contributed by atoms with van der Waals surface area (Å²) in [5, 5.41) is 19.0. The highest BCUT2D eigenvalue weighted by Crippen LogP contribution is 2.21. The Kier molecular flexibility index (Phi) is 4.07. The van der Waals surface area contributed by atoms with Gasteiger partial charge in [0.2, 0.25) is 5.79 Å². The third-order valence-corrected chi connectivity index (χ3v) is 1.98. The van der Waals surface area contributed by atoms with Gasteiger partial charge in [-0.15, -0.1) is 0 Å². The van der Waals surface area contributed by atoms with E-state index in [2.05, 4.69) is 0 Å². The predicted molar refractivity (Wildman–Crippen MR) is 53.7 cm³/mol. The van der Waals surface area contributed by atoms with Gasteiger partial charge in [-0.05, 0) is 6.42 Å². The number of benzene rings is 1. The normalized spacial score (nSPS) is 15.1. The van der Waals surface area contributed by atoms with E-state index in [1.54, 1.807) is 24.3 Å². The van der Waals surface area contributed by atoms with Gasteiger partial charge >= 0.3 is 0 Å². The molecule has 0 aliphatic rings. The molecule has 0 amide bonds. The summed E-state index contributed by atoms with van der Waals surface area (Å²) < 4.78 is 5.22. The van der Waals surface area contributed by atoms with Crippen molar-refractivity contribution in [1.29, 1.82) is 0 Å². The Morgan fingerprint density at radius 2 is 1.93 bits per heavy atom. The van der Waals surface area contributed by atoms with Crippen LogP contribution in [0.25, 0.3) is 0 Å². The zero-order valence-corrected chi connectivity index (χ0v) is 8.31. The van der Waals surface area contributed by atoms with Crippen molar-refractivity contribution < 1.29 is 14.9 Å². The molecule has 14 heavy (non-hydrogen) atoms. The van der Waals surface area contributed by atoms with Crippen LogP contribution in [0.5, 0.6) is 0 Å². The summed E-state index contributed by atoms with van der Waals surface area (Å²) in [6.07, 6.45) is 0.801. The van der Waals surface area contributed by atoms with Crippen molar-refractivity contribution in [3.05, 3.63) is 35.9 Å². The van der Waals surface area contributed by atoms with Gasteiger partial charge in [0.1, 0.15) is 6.61 Å². The molecule has 1 rings (SSSR count). The topological polar surface area (TPSA) is 49.7 Å². The van der Waals surface area contributed by atoms with E-state index >= 15 is 0 Å². The molecule has 0 aliphatic carbocycles. The van der Waals surface area contributed by atoms with Crippen LogP contribution in [0.4, 0.5) is 0 Å². The predicted octanol–water partition coefficient (Wildman–Crippen LogP) is 1.25. The van der Waals surface area contributed by atoms with Gasteiger partial charge in [-0.2, -0.15) is 0 Å². The molecule has 0 aromatic heterocycles. The van der Waals surface area contributed by atoms with Crippen LogP contribution < -0.4 is 0 Å². The Morgan fingerprint density at radius 1 is 1.29 bits per heavy atom. The van der Waals surface area contributed by atoms with Gasteiger partial charge in [0.15, 0.2) is 0 Å². The maximum absolute atomic E-state index is 9.95. The lowest BCUT2D eigenvalue weighted by Gasteiger charge is -2.26. The van der Waals surface area contributed by atoms with Gasteiger partial charge in [-0.3, -0.25) is 0 Å². The molecule has 0 heterocycles. The monoisotopic (exact) mass is 196 g/mol. The number of hydrogen-bond acceptors (Lipinski definition) is 3.